The first-order valence-electron chi connectivity index (χ1n) is 9.68. The number of hydrogen-bond donors (Lipinski definition) is 1. The van der Waals surface area contributed by atoms with E-state index in [1.165, 1.54) is 38.9 Å². The largest absolute Gasteiger partial charge is 0.456 e. The summed E-state index contributed by atoms with van der Waals surface area (Å²) in [7, 11) is 0. The number of hydrogen-bond acceptors (Lipinski definition) is 3. The summed E-state index contributed by atoms with van der Waals surface area (Å²) < 4.78 is 5.41. The van der Waals surface area contributed by atoms with Gasteiger partial charge in [0.05, 0.1) is 0 Å². The van der Waals surface area contributed by atoms with Crippen molar-refractivity contribution in [2.24, 2.45) is 0 Å². The number of esters is 1. The molecule has 0 amide bonds. The summed E-state index contributed by atoms with van der Waals surface area (Å²) >= 11 is 0. The third-order valence-electron chi connectivity index (χ3n) is 6.22. The van der Waals surface area contributed by atoms with E-state index in [9.17, 15) is 4.79 Å². The van der Waals surface area contributed by atoms with E-state index in [0.717, 1.165) is 17.7 Å². The zero-order valence-corrected chi connectivity index (χ0v) is 15.6. The van der Waals surface area contributed by atoms with E-state index < -0.39 is 0 Å². The monoisotopic (exact) mass is 365 g/mol. The molecule has 28 heavy (non-hydrogen) atoms. The first-order valence-corrected chi connectivity index (χ1v) is 9.68. The summed E-state index contributed by atoms with van der Waals surface area (Å²) in [5.41, 5.74) is 11.8. The molecule has 3 aliphatic rings. The molecule has 2 aliphatic heterocycles. The zero-order valence-electron chi connectivity index (χ0n) is 15.6. The number of rotatable bonds is 1. The third kappa shape index (κ3) is 2.07. The van der Waals surface area contributed by atoms with Gasteiger partial charge < -0.3 is 10.1 Å². The maximum absolute atomic E-state index is 12.3. The van der Waals surface area contributed by atoms with Crippen molar-refractivity contribution in [3.63, 3.8) is 0 Å². The Labute approximate surface area is 163 Å². The number of carbonyl (C=O) groups is 1. The fourth-order valence-electron chi connectivity index (χ4n) is 4.89. The van der Waals surface area contributed by atoms with Crippen molar-refractivity contribution in [1.29, 1.82) is 0 Å². The molecule has 0 aromatic heterocycles. The summed E-state index contributed by atoms with van der Waals surface area (Å²) in [5.74, 6) is -0.205. The van der Waals surface area contributed by atoms with E-state index in [0.29, 0.717) is 12.3 Å². The van der Waals surface area contributed by atoms with E-state index in [2.05, 4.69) is 72.9 Å². The van der Waals surface area contributed by atoms with Crippen molar-refractivity contribution in [3.8, 4) is 11.1 Å². The molecule has 0 bridgehead atoms. The van der Waals surface area contributed by atoms with E-state index >= 15 is 0 Å². The highest BCUT2D eigenvalue weighted by Gasteiger charge is 2.39. The molecule has 1 N–H and O–H groups in total. The van der Waals surface area contributed by atoms with Crippen molar-refractivity contribution < 1.29 is 9.53 Å². The highest BCUT2D eigenvalue weighted by Crippen LogP contribution is 2.50. The van der Waals surface area contributed by atoms with Crippen LogP contribution in [0.4, 0.5) is 5.69 Å². The predicted molar refractivity (Wildman–Crippen MR) is 109 cm³/mol. The van der Waals surface area contributed by atoms with E-state index in [-0.39, 0.29) is 11.9 Å². The number of cyclic esters (lactones) is 1. The molecule has 3 aromatic rings. The molecule has 2 heterocycles. The van der Waals surface area contributed by atoms with Crippen LogP contribution in [0.5, 0.6) is 0 Å². The van der Waals surface area contributed by atoms with Crippen molar-refractivity contribution in [2.45, 2.75) is 19.3 Å². The van der Waals surface area contributed by atoms with Gasteiger partial charge in [-0.3, -0.25) is 0 Å². The molecule has 0 saturated carbocycles. The Morgan fingerprint density at radius 2 is 1.79 bits per heavy atom. The molecule has 0 fully saturated rings. The smallest absolute Gasteiger partial charge is 0.355 e. The number of ether oxygens (including phenoxy) is 1. The van der Waals surface area contributed by atoms with Crippen molar-refractivity contribution >= 4 is 11.7 Å². The molecule has 6 rings (SSSR count). The molecule has 0 radical (unpaired) electrons. The van der Waals surface area contributed by atoms with E-state index in [1.807, 2.05) is 0 Å². The van der Waals surface area contributed by atoms with Crippen molar-refractivity contribution in [1.82, 2.24) is 0 Å². The molecule has 3 aromatic carbocycles. The third-order valence-corrected chi connectivity index (χ3v) is 6.22. The summed E-state index contributed by atoms with van der Waals surface area (Å²) in [5, 5.41) is 3.38. The molecular formula is C25H19NO2. The molecule has 136 valence electrons. The van der Waals surface area contributed by atoms with Gasteiger partial charge in [-0.25, -0.2) is 4.79 Å². The highest BCUT2D eigenvalue weighted by atomic mass is 16.5. The fraction of sp³-hybridized carbons (Fsp3) is 0.160. The highest BCUT2D eigenvalue weighted by molar-refractivity contribution is 5.98. The fourth-order valence-corrected chi connectivity index (χ4v) is 4.89. The Morgan fingerprint density at radius 3 is 2.64 bits per heavy atom. The SMILES string of the molecule is Cc1ccc(C2C3=C(Nc4ccc5c(c42)Cc2ccccc2-5)C(=O)OC3)cc1. The van der Waals surface area contributed by atoms with Crippen LogP contribution in [0.2, 0.25) is 0 Å². The number of fused-ring (bicyclic) bond motifs is 5. The van der Waals surface area contributed by atoms with Gasteiger partial charge >= 0.3 is 5.97 Å². The summed E-state index contributed by atoms with van der Waals surface area (Å²) in [6.07, 6.45) is 0.927. The molecule has 3 nitrogen and oxygen atoms in total. The molecule has 0 saturated heterocycles. The van der Waals surface area contributed by atoms with E-state index in [4.69, 9.17) is 4.74 Å². The summed E-state index contributed by atoms with van der Waals surface area (Å²) in [6.45, 7) is 2.46. The molecule has 1 aliphatic carbocycles. The van der Waals surface area contributed by atoms with Crippen LogP contribution in [-0.4, -0.2) is 12.6 Å². The molecule has 0 spiro atoms. The number of aryl methyl sites for hydroxylation is 1. The lowest BCUT2D eigenvalue weighted by atomic mass is 9.78. The van der Waals surface area contributed by atoms with Gasteiger partial charge in [0.15, 0.2) is 0 Å². The van der Waals surface area contributed by atoms with Gasteiger partial charge in [-0.05, 0) is 52.8 Å². The predicted octanol–water partition coefficient (Wildman–Crippen LogP) is 4.93. The Morgan fingerprint density at radius 1 is 0.964 bits per heavy atom. The number of nitrogens with one attached hydrogen (secondary N) is 1. The van der Waals surface area contributed by atoms with Crippen molar-refractivity contribution in [3.05, 3.63) is 99.8 Å². The van der Waals surface area contributed by atoms with Crippen LogP contribution >= 0.6 is 0 Å². The first kappa shape index (κ1) is 15.7. The number of benzene rings is 3. The minimum Gasteiger partial charge on any atom is -0.456 e. The second kappa shape index (κ2) is 5.59. The van der Waals surface area contributed by atoms with Gasteiger partial charge in [-0.2, -0.15) is 0 Å². The van der Waals surface area contributed by atoms with Gasteiger partial charge in [0.25, 0.3) is 0 Å². The lowest BCUT2D eigenvalue weighted by Gasteiger charge is -2.30. The molecule has 3 heteroatoms. The van der Waals surface area contributed by atoms with Crippen LogP contribution in [0.3, 0.4) is 0 Å². The maximum atomic E-state index is 12.3. The second-order valence-electron chi connectivity index (χ2n) is 7.83. The van der Waals surface area contributed by atoms with Gasteiger partial charge in [0.1, 0.15) is 12.3 Å². The number of anilines is 1. The van der Waals surface area contributed by atoms with Crippen LogP contribution in [0.15, 0.2) is 71.9 Å². The standard InChI is InChI=1S/C25H19NO2/c1-14-6-8-15(9-7-14)22-20-13-28-25(27)24(20)26-21-11-10-18-17-5-3-2-4-16(17)12-19(18)23(21)22/h2-11,22,26H,12-13H2,1H3. The molecule has 1 unspecified atom stereocenters. The minimum atomic E-state index is -0.249. The summed E-state index contributed by atoms with van der Waals surface area (Å²) in [4.78, 5) is 12.3. The Hall–Kier alpha value is -3.33. The van der Waals surface area contributed by atoms with Crippen LogP contribution < -0.4 is 5.32 Å². The van der Waals surface area contributed by atoms with E-state index in [1.54, 1.807) is 0 Å². The normalized spacial score (nSPS) is 18.8. The van der Waals surface area contributed by atoms with Gasteiger partial charge in [0, 0.05) is 17.2 Å². The second-order valence-corrected chi connectivity index (χ2v) is 7.83. The summed E-state index contributed by atoms with van der Waals surface area (Å²) in [6, 6.07) is 21.6. The van der Waals surface area contributed by atoms with Gasteiger partial charge in [0.2, 0.25) is 0 Å². The van der Waals surface area contributed by atoms with Gasteiger partial charge in [-0.1, -0.05) is 60.2 Å². The Bertz CT molecular complexity index is 1190. The average Bonchev–Trinajstić information content (AvgIpc) is 3.28. The molecule has 1 atom stereocenters. The Kier molecular flexibility index (Phi) is 3.13. The van der Waals surface area contributed by atoms with Crippen LogP contribution in [-0.2, 0) is 16.0 Å². The Balaban J connectivity index is 1.61. The van der Waals surface area contributed by atoms with Crippen LogP contribution in [0.25, 0.3) is 11.1 Å². The zero-order chi connectivity index (χ0) is 18.8. The topological polar surface area (TPSA) is 38.3 Å². The lowest BCUT2D eigenvalue weighted by Crippen LogP contribution is -2.21. The quantitative estimate of drug-likeness (QED) is 0.486. The first-order chi connectivity index (χ1) is 13.7. The van der Waals surface area contributed by atoms with Crippen molar-refractivity contribution in [2.75, 3.05) is 11.9 Å². The van der Waals surface area contributed by atoms with Crippen LogP contribution in [0.1, 0.15) is 33.7 Å². The molecular weight excluding hydrogens is 346 g/mol. The average molecular weight is 365 g/mol. The number of carbonyl (C=O) groups excluding carboxylic acids is 1. The lowest BCUT2D eigenvalue weighted by molar-refractivity contribution is -0.135. The minimum absolute atomic E-state index is 0.0440. The van der Waals surface area contributed by atoms with Gasteiger partial charge in [-0.15, -0.1) is 0 Å². The maximum Gasteiger partial charge on any atom is 0.355 e. The van der Waals surface area contributed by atoms with Crippen LogP contribution in [0, 0.1) is 6.92 Å².